The first-order chi connectivity index (χ1) is 13.0. The monoisotopic (exact) mass is 360 g/mol. The average molecular weight is 360 g/mol. The van der Waals surface area contributed by atoms with Gasteiger partial charge in [0, 0.05) is 24.0 Å². The van der Waals surface area contributed by atoms with Gasteiger partial charge in [-0.05, 0) is 38.5 Å². The summed E-state index contributed by atoms with van der Waals surface area (Å²) in [6.07, 6.45) is -0.267. The van der Waals surface area contributed by atoms with Crippen molar-refractivity contribution in [1.29, 1.82) is 0 Å². The second kappa shape index (κ2) is 6.58. The van der Waals surface area contributed by atoms with Crippen LogP contribution in [0.3, 0.4) is 0 Å². The fourth-order valence-corrected chi connectivity index (χ4v) is 3.96. The number of nitrogens with one attached hydrogen (secondary N) is 1. The van der Waals surface area contributed by atoms with E-state index in [1.165, 1.54) is 0 Å². The molecular weight excluding hydrogens is 336 g/mol. The van der Waals surface area contributed by atoms with Crippen LogP contribution in [-0.4, -0.2) is 20.6 Å². The minimum absolute atomic E-state index is 0.0355. The normalized spacial score (nSPS) is 17.4. The van der Waals surface area contributed by atoms with Gasteiger partial charge in [-0.1, -0.05) is 42.5 Å². The molecule has 0 aliphatic carbocycles. The Bertz CT molecular complexity index is 993. The molecule has 0 saturated carbocycles. The van der Waals surface area contributed by atoms with E-state index in [1.54, 1.807) is 0 Å². The van der Waals surface area contributed by atoms with Crippen molar-refractivity contribution < 1.29 is 4.79 Å². The molecular formula is C22H24N4O. The number of anilines is 1. The van der Waals surface area contributed by atoms with Crippen LogP contribution >= 0.6 is 0 Å². The minimum Gasteiger partial charge on any atom is -0.361 e. The molecule has 0 spiro atoms. The first kappa shape index (κ1) is 17.3. The lowest BCUT2D eigenvalue weighted by Gasteiger charge is -2.42. The van der Waals surface area contributed by atoms with Gasteiger partial charge in [0.05, 0.1) is 17.3 Å². The number of hydrogen-bond acceptors (Lipinski definition) is 3. The topological polar surface area (TPSA) is 50.2 Å². The van der Waals surface area contributed by atoms with Crippen molar-refractivity contribution >= 4 is 11.6 Å². The molecule has 2 aromatic carbocycles. The summed E-state index contributed by atoms with van der Waals surface area (Å²) in [7, 11) is 1.94. The van der Waals surface area contributed by atoms with Crippen molar-refractivity contribution in [3.8, 4) is 0 Å². The zero-order valence-corrected chi connectivity index (χ0v) is 16.1. The molecule has 0 bridgehead atoms. The quantitative estimate of drug-likeness (QED) is 0.755. The predicted molar refractivity (Wildman–Crippen MR) is 107 cm³/mol. The summed E-state index contributed by atoms with van der Waals surface area (Å²) in [5, 5.41) is 8.16. The molecule has 0 radical (unpaired) electrons. The van der Waals surface area contributed by atoms with E-state index < -0.39 is 0 Å². The molecule has 1 aromatic heterocycles. The lowest BCUT2D eigenvalue weighted by atomic mass is 9.98. The summed E-state index contributed by atoms with van der Waals surface area (Å²) in [6, 6.07) is 17.8. The first-order valence-electron chi connectivity index (χ1n) is 9.22. The number of para-hydroxylation sites is 1. The summed E-state index contributed by atoms with van der Waals surface area (Å²) >= 11 is 0. The number of aromatic nitrogens is 2. The molecule has 4 rings (SSSR count). The van der Waals surface area contributed by atoms with E-state index in [1.807, 2.05) is 72.9 Å². The Labute approximate surface area is 159 Å². The molecule has 3 aromatic rings. The Hall–Kier alpha value is -3.08. The van der Waals surface area contributed by atoms with Gasteiger partial charge in [-0.25, -0.2) is 0 Å². The van der Waals surface area contributed by atoms with E-state index in [4.69, 9.17) is 0 Å². The Morgan fingerprint density at radius 2 is 1.70 bits per heavy atom. The molecule has 5 nitrogen and oxygen atoms in total. The molecule has 138 valence electrons. The van der Waals surface area contributed by atoms with E-state index in [0.29, 0.717) is 5.56 Å². The lowest BCUT2D eigenvalue weighted by Crippen LogP contribution is -2.44. The van der Waals surface area contributed by atoms with Crippen molar-refractivity contribution in [3.63, 3.8) is 0 Å². The minimum atomic E-state index is -0.267. The van der Waals surface area contributed by atoms with Crippen LogP contribution in [0.2, 0.25) is 0 Å². The van der Waals surface area contributed by atoms with Crippen molar-refractivity contribution in [2.24, 2.45) is 7.05 Å². The SMILES string of the molecule is Cc1nn(C)c(C)c1[C@@H]1Nc2ccccc2C(=O)N1[C@@H](C)c1ccccc1. The van der Waals surface area contributed by atoms with Crippen LogP contribution in [0.25, 0.3) is 0 Å². The molecule has 0 fully saturated rings. The standard InChI is InChI=1S/C22H24N4O/c1-14-20(16(3)25(4)24-14)21-23-19-13-9-8-12-18(19)22(27)26(21)15(2)17-10-6-5-7-11-17/h5-13,15,21,23H,1-4H3/t15-,21+/m0/s1. The molecule has 5 heteroatoms. The zero-order valence-electron chi connectivity index (χ0n) is 16.1. The molecule has 0 unspecified atom stereocenters. The number of fused-ring (bicyclic) bond motifs is 1. The average Bonchev–Trinajstić information content (AvgIpc) is 2.93. The number of aryl methyl sites for hydroxylation is 2. The number of carbonyl (C=O) groups excluding carboxylic acids is 1. The Morgan fingerprint density at radius 1 is 1.04 bits per heavy atom. The maximum Gasteiger partial charge on any atom is 0.258 e. The van der Waals surface area contributed by atoms with Gasteiger partial charge in [0.25, 0.3) is 5.91 Å². The summed E-state index contributed by atoms with van der Waals surface area (Å²) < 4.78 is 1.88. The van der Waals surface area contributed by atoms with E-state index >= 15 is 0 Å². The van der Waals surface area contributed by atoms with Crippen LogP contribution in [0.1, 0.15) is 52.0 Å². The highest BCUT2D eigenvalue weighted by atomic mass is 16.2. The fourth-order valence-electron chi connectivity index (χ4n) is 3.96. The van der Waals surface area contributed by atoms with Crippen LogP contribution in [0.5, 0.6) is 0 Å². The number of benzene rings is 2. The summed E-state index contributed by atoms with van der Waals surface area (Å²) in [5.74, 6) is 0.0355. The highest BCUT2D eigenvalue weighted by Gasteiger charge is 2.38. The molecule has 1 aliphatic heterocycles. The van der Waals surface area contributed by atoms with E-state index in [2.05, 4.69) is 29.5 Å². The predicted octanol–water partition coefficient (Wildman–Crippen LogP) is 4.36. The van der Waals surface area contributed by atoms with Crippen LogP contribution < -0.4 is 5.32 Å². The maximum absolute atomic E-state index is 13.5. The third-order valence-corrected chi connectivity index (χ3v) is 5.50. The molecule has 27 heavy (non-hydrogen) atoms. The Balaban J connectivity index is 1.87. The van der Waals surface area contributed by atoms with Gasteiger partial charge in [0.15, 0.2) is 0 Å². The van der Waals surface area contributed by atoms with Crippen LogP contribution in [0, 0.1) is 13.8 Å². The maximum atomic E-state index is 13.5. The van der Waals surface area contributed by atoms with Crippen molar-refractivity contribution in [1.82, 2.24) is 14.7 Å². The van der Waals surface area contributed by atoms with Gasteiger partial charge in [-0.3, -0.25) is 9.48 Å². The number of carbonyl (C=O) groups is 1. The summed E-state index contributed by atoms with van der Waals surface area (Å²) in [4.78, 5) is 15.4. The van der Waals surface area contributed by atoms with Gasteiger partial charge in [0.1, 0.15) is 6.17 Å². The van der Waals surface area contributed by atoms with E-state index in [-0.39, 0.29) is 18.1 Å². The highest BCUT2D eigenvalue weighted by molar-refractivity contribution is 6.02. The second-order valence-electron chi connectivity index (χ2n) is 7.10. The van der Waals surface area contributed by atoms with Gasteiger partial charge >= 0.3 is 0 Å². The van der Waals surface area contributed by atoms with Crippen molar-refractivity contribution in [2.75, 3.05) is 5.32 Å². The fraction of sp³-hybridized carbons (Fsp3) is 0.273. The molecule has 2 atom stereocenters. The van der Waals surface area contributed by atoms with Crippen LogP contribution in [-0.2, 0) is 7.05 Å². The Morgan fingerprint density at radius 3 is 2.37 bits per heavy atom. The third kappa shape index (κ3) is 2.79. The summed E-state index contributed by atoms with van der Waals surface area (Å²) in [5.41, 5.74) is 5.73. The van der Waals surface area contributed by atoms with Gasteiger partial charge in [-0.2, -0.15) is 5.10 Å². The number of rotatable bonds is 3. The highest BCUT2D eigenvalue weighted by Crippen LogP contribution is 2.40. The lowest BCUT2D eigenvalue weighted by molar-refractivity contribution is 0.0595. The smallest absolute Gasteiger partial charge is 0.258 e. The molecule has 2 heterocycles. The van der Waals surface area contributed by atoms with Crippen molar-refractivity contribution in [2.45, 2.75) is 33.0 Å². The van der Waals surface area contributed by atoms with Crippen LogP contribution in [0.15, 0.2) is 54.6 Å². The first-order valence-corrected chi connectivity index (χ1v) is 9.22. The number of hydrogen-bond donors (Lipinski definition) is 1. The third-order valence-electron chi connectivity index (χ3n) is 5.50. The second-order valence-corrected chi connectivity index (χ2v) is 7.10. The van der Waals surface area contributed by atoms with E-state index in [0.717, 1.165) is 28.2 Å². The zero-order chi connectivity index (χ0) is 19.1. The van der Waals surface area contributed by atoms with Gasteiger partial charge in [0.2, 0.25) is 0 Å². The number of nitrogens with zero attached hydrogens (tertiary/aromatic N) is 3. The number of amides is 1. The Kier molecular flexibility index (Phi) is 4.22. The molecule has 1 aliphatic rings. The van der Waals surface area contributed by atoms with Gasteiger partial charge < -0.3 is 10.2 Å². The molecule has 0 saturated heterocycles. The molecule has 1 amide bonds. The largest absolute Gasteiger partial charge is 0.361 e. The molecule has 1 N–H and O–H groups in total. The van der Waals surface area contributed by atoms with Gasteiger partial charge in [-0.15, -0.1) is 0 Å². The summed E-state index contributed by atoms with van der Waals surface area (Å²) in [6.45, 7) is 6.13. The van der Waals surface area contributed by atoms with E-state index in [9.17, 15) is 4.79 Å². The van der Waals surface area contributed by atoms with Crippen molar-refractivity contribution in [3.05, 3.63) is 82.7 Å². The van der Waals surface area contributed by atoms with Crippen LogP contribution in [0.4, 0.5) is 5.69 Å².